The number of hydrogen-bond acceptors (Lipinski definition) is 4. The minimum absolute atomic E-state index is 0.0995. The first-order valence-electron chi connectivity index (χ1n) is 10.2. The van der Waals surface area contributed by atoms with Crippen LogP contribution in [-0.4, -0.2) is 47.5 Å². The lowest BCUT2D eigenvalue weighted by atomic mass is 9.94. The second-order valence-corrected chi connectivity index (χ2v) is 8.17. The molecule has 2 aliphatic heterocycles. The lowest BCUT2D eigenvalue weighted by Crippen LogP contribution is -2.40. The van der Waals surface area contributed by atoms with Crippen molar-refractivity contribution in [1.82, 2.24) is 14.7 Å². The van der Waals surface area contributed by atoms with Gasteiger partial charge in [-0.25, -0.2) is 4.68 Å². The molecular weight excluding hydrogens is 314 g/mol. The summed E-state index contributed by atoms with van der Waals surface area (Å²) in [4.78, 5) is 15.0. The van der Waals surface area contributed by atoms with Crippen LogP contribution in [-0.2, 0) is 24.1 Å². The molecule has 2 fully saturated rings. The standard InChI is InChI=1S/C20H31N3O2/c24-20-12-18-5-1-2-6-19(18)21-23(20)14-16-7-9-22(10-8-16)13-17-4-3-11-25-15-17/h12,16-17H,1-11,13-15H2. The van der Waals surface area contributed by atoms with Gasteiger partial charge in [-0.3, -0.25) is 4.79 Å². The van der Waals surface area contributed by atoms with E-state index in [0.29, 0.717) is 5.92 Å². The van der Waals surface area contributed by atoms with Gasteiger partial charge in [0.25, 0.3) is 5.56 Å². The monoisotopic (exact) mass is 345 g/mol. The summed E-state index contributed by atoms with van der Waals surface area (Å²) in [7, 11) is 0. The molecule has 1 aromatic rings. The molecule has 1 aromatic heterocycles. The molecule has 138 valence electrons. The summed E-state index contributed by atoms with van der Waals surface area (Å²) in [6, 6.07) is 1.85. The third-order valence-corrected chi connectivity index (χ3v) is 6.18. The van der Waals surface area contributed by atoms with E-state index in [0.717, 1.165) is 51.6 Å². The van der Waals surface area contributed by atoms with E-state index < -0.39 is 0 Å². The second kappa shape index (κ2) is 8.00. The van der Waals surface area contributed by atoms with Crippen molar-refractivity contribution in [2.24, 2.45) is 11.8 Å². The summed E-state index contributed by atoms with van der Waals surface area (Å²) in [5, 5.41) is 4.69. The van der Waals surface area contributed by atoms with Crippen LogP contribution in [0.2, 0.25) is 0 Å². The number of hydrogen-bond donors (Lipinski definition) is 0. The van der Waals surface area contributed by atoms with Gasteiger partial charge in [0.1, 0.15) is 0 Å². The molecule has 0 radical (unpaired) electrons. The fourth-order valence-corrected chi connectivity index (χ4v) is 4.64. The first kappa shape index (κ1) is 17.2. The summed E-state index contributed by atoms with van der Waals surface area (Å²) in [5.41, 5.74) is 2.46. The summed E-state index contributed by atoms with van der Waals surface area (Å²) >= 11 is 0. The van der Waals surface area contributed by atoms with Crippen molar-refractivity contribution in [1.29, 1.82) is 0 Å². The lowest BCUT2D eigenvalue weighted by Gasteiger charge is -2.35. The minimum Gasteiger partial charge on any atom is -0.381 e. The molecule has 5 heteroatoms. The Morgan fingerprint density at radius 3 is 2.68 bits per heavy atom. The van der Waals surface area contributed by atoms with Crippen LogP contribution < -0.4 is 5.56 Å². The summed E-state index contributed by atoms with van der Waals surface area (Å²) < 4.78 is 7.36. The molecule has 0 spiro atoms. The Hall–Kier alpha value is -1.20. The molecule has 1 atom stereocenters. The van der Waals surface area contributed by atoms with Crippen molar-refractivity contribution < 1.29 is 4.74 Å². The molecule has 0 aromatic carbocycles. The number of likely N-dealkylation sites (tertiary alicyclic amines) is 1. The number of fused-ring (bicyclic) bond motifs is 1. The Labute approximate surface area is 150 Å². The Morgan fingerprint density at radius 2 is 1.88 bits per heavy atom. The van der Waals surface area contributed by atoms with Gasteiger partial charge in [0.05, 0.1) is 12.3 Å². The van der Waals surface area contributed by atoms with E-state index in [9.17, 15) is 4.79 Å². The van der Waals surface area contributed by atoms with E-state index in [1.165, 1.54) is 56.3 Å². The van der Waals surface area contributed by atoms with Gasteiger partial charge in [0, 0.05) is 25.8 Å². The van der Waals surface area contributed by atoms with E-state index in [2.05, 4.69) is 4.90 Å². The zero-order valence-electron chi connectivity index (χ0n) is 15.3. The molecule has 1 unspecified atom stereocenters. The van der Waals surface area contributed by atoms with Crippen molar-refractivity contribution in [2.75, 3.05) is 32.8 Å². The van der Waals surface area contributed by atoms with Crippen molar-refractivity contribution in [3.63, 3.8) is 0 Å². The molecule has 3 aliphatic rings. The van der Waals surface area contributed by atoms with E-state index in [1.807, 2.05) is 6.07 Å². The fraction of sp³-hybridized carbons (Fsp3) is 0.800. The van der Waals surface area contributed by atoms with Crippen molar-refractivity contribution >= 4 is 0 Å². The fourth-order valence-electron chi connectivity index (χ4n) is 4.64. The summed E-state index contributed by atoms with van der Waals surface area (Å²) in [6.45, 7) is 6.17. The van der Waals surface area contributed by atoms with Crippen LogP contribution in [0.1, 0.15) is 49.8 Å². The van der Waals surface area contributed by atoms with Gasteiger partial charge in [0.15, 0.2) is 0 Å². The number of ether oxygens (including phenoxy) is 1. The van der Waals surface area contributed by atoms with Crippen LogP contribution in [0.4, 0.5) is 0 Å². The first-order valence-corrected chi connectivity index (χ1v) is 10.2. The largest absolute Gasteiger partial charge is 0.381 e. The first-order chi connectivity index (χ1) is 12.3. The van der Waals surface area contributed by atoms with Crippen LogP contribution in [0.3, 0.4) is 0 Å². The zero-order valence-corrected chi connectivity index (χ0v) is 15.3. The average Bonchev–Trinajstić information content (AvgIpc) is 2.65. The quantitative estimate of drug-likeness (QED) is 0.840. The summed E-state index contributed by atoms with van der Waals surface area (Å²) in [5.74, 6) is 1.31. The Bertz CT molecular complexity index is 628. The molecule has 4 rings (SSSR count). The molecule has 5 nitrogen and oxygen atoms in total. The van der Waals surface area contributed by atoms with Gasteiger partial charge in [0.2, 0.25) is 0 Å². The highest BCUT2D eigenvalue weighted by Gasteiger charge is 2.24. The highest BCUT2D eigenvalue weighted by Crippen LogP contribution is 2.22. The van der Waals surface area contributed by atoms with Gasteiger partial charge in [-0.2, -0.15) is 5.10 Å². The Balaban J connectivity index is 1.30. The molecule has 2 saturated heterocycles. The predicted octanol–water partition coefficient (Wildman–Crippen LogP) is 2.26. The van der Waals surface area contributed by atoms with Crippen LogP contribution in [0.25, 0.3) is 0 Å². The second-order valence-electron chi connectivity index (χ2n) is 8.17. The predicted molar refractivity (Wildman–Crippen MR) is 97.8 cm³/mol. The number of aryl methyl sites for hydroxylation is 2. The maximum absolute atomic E-state index is 12.4. The van der Waals surface area contributed by atoms with Crippen LogP contribution in [0.5, 0.6) is 0 Å². The highest BCUT2D eigenvalue weighted by atomic mass is 16.5. The molecule has 3 heterocycles. The van der Waals surface area contributed by atoms with Crippen molar-refractivity contribution in [3.8, 4) is 0 Å². The number of aromatic nitrogens is 2. The average molecular weight is 345 g/mol. The van der Waals surface area contributed by atoms with E-state index in [-0.39, 0.29) is 5.56 Å². The maximum atomic E-state index is 12.4. The minimum atomic E-state index is 0.0995. The molecule has 0 bridgehead atoms. The van der Waals surface area contributed by atoms with Gasteiger partial charge in [-0.05, 0) is 81.9 Å². The van der Waals surface area contributed by atoms with Gasteiger partial charge >= 0.3 is 0 Å². The lowest BCUT2D eigenvalue weighted by molar-refractivity contribution is 0.0319. The van der Waals surface area contributed by atoms with E-state index in [1.54, 1.807) is 4.68 Å². The zero-order chi connectivity index (χ0) is 17.1. The molecular formula is C20H31N3O2. The summed E-state index contributed by atoms with van der Waals surface area (Å²) in [6.07, 6.45) is 9.36. The molecule has 0 amide bonds. The van der Waals surface area contributed by atoms with Crippen LogP contribution in [0, 0.1) is 11.8 Å². The highest BCUT2D eigenvalue weighted by molar-refractivity contribution is 5.20. The van der Waals surface area contributed by atoms with Crippen molar-refractivity contribution in [3.05, 3.63) is 27.7 Å². The third kappa shape index (κ3) is 4.32. The van der Waals surface area contributed by atoms with Gasteiger partial charge in [-0.1, -0.05) is 0 Å². The van der Waals surface area contributed by atoms with Crippen molar-refractivity contribution in [2.45, 2.75) is 57.9 Å². The molecule has 0 saturated carbocycles. The van der Waals surface area contributed by atoms with Gasteiger partial charge < -0.3 is 9.64 Å². The molecule has 0 N–H and O–H groups in total. The van der Waals surface area contributed by atoms with E-state index >= 15 is 0 Å². The van der Waals surface area contributed by atoms with Gasteiger partial charge in [-0.15, -0.1) is 0 Å². The molecule has 25 heavy (non-hydrogen) atoms. The van der Waals surface area contributed by atoms with E-state index in [4.69, 9.17) is 9.84 Å². The SMILES string of the molecule is O=c1cc2c(nn1CC1CCN(CC3CCCOC3)CC1)CCCC2. The Morgan fingerprint density at radius 1 is 1.04 bits per heavy atom. The van der Waals surface area contributed by atoms with Crippen LogP contribution in [0.15, 0.2) is 10.9 Å². The van der Waals surface area contributed by atoms with Crippen LogP contribution >= 0.6 is 0 Å². The normalized spacial score (nSPS) is 25.7. The number of rotatable bonds is 4. The maximum Gasteiger partial charge on any atom is 0.267 e. The number of piperidine rings is 1. The molecule has 1 aliphatic carbocycles. The number of nitrogens with zero attached hydrogens (tertiary/aromatic N) is 3. The smallest absolute Gasteiger partial charge is 0.267 e. The third-order valence-electron chi connectivity index (χ3n) is 6.18. The Kier molecular flexibility index (Phi) is 5.51. The topological polar surface area (TPSA) is 47.4 Å².